The number of aromatic nitrogens is 1. The number of nitrogens with zero attached hydrogens (tertiary/aromatic N) is 3. The molecule has 4 aromatic carbocycles. The van der Waals surface area contributed by atoms with Gasteiger partial charge in [0.25, 0.3) is 11.8 Å². The maximum absolute atomic E-state index is 14.6. The van der Waals surface area contributed by atoms with Gasteiger partial charge in [-0.15, -0.1) is 34.7 Å². The van der Waals surface area contributed by atoms with Crippen molar-refractivity contribution in [1.29, 1.82) is 0 Å². The first-order chi connectivity index (χ1) is 29.4. The average Bonchev–Trinajstić information content (AvgIpc) is 3.73. The lowest BCUT2D eigenvalue weighted by molar-refractivity contribution is -0.153. The van der Waals surface area contributed by atoms with Crippen LogP contribution in [0.5, 0.6) is 5.75 Å². The Morgan fingerprint density at radius 1 is 0.885 bits per heavy atom. The molecule has 0 spiro atoms. The van der Waals surface area contributed by atoms with Crippen molar-refractivity contribution < 1.29 is 38.2 Å². The van der Waals surface area contributed by atoms with Crippen LogP contribution < -0.4 is 15.4 Å². The summed E-state index contributed by atoms with van der Waals surface area (Å²) in [5.74, 6) is -1.06. The average molecular weight is 880 g/mol. The third kappa shape index (κ3) is 9.43. The molecule has 7 rings (SSSR count). The molecule has 1 fully saturated rings. The normalized spacial score (nSPS) is 16.5. The van der Waals surface area contributed by atoms with Gasteiger partial charge in [0.2, 0.25) is 5.60 Å². The predicted molar refractivity (Wildman–Crippen MR) is 234 cm³/mol. The van der Waals surface area contributed by atoms with E-state index in [1.54, 1.807) is 57.5 Å². The second-order valence-electron chi connectivity index (χ2n) is 14.8. The summed E-state index contributed by atoms with van der Waals surface area (Å²) in [6.45, 7) is 5.16. The molecular formula is C45H42ClN5O8S2. The highest BCUT2D eigenvalue weighted by molar-refractivity contribution is 8.00. The molecule has 1 saturated heterocycles. The molecule has 3 heterocycles. The van der Waals surface area contributed by atoms with Gasteiger partial charge in [0.1, 0.15) is 40.8 Å². The van der Waals surface area contributed by atoms with Crippen molar-refractivity contribution in [3.8, 4) is 5.75 Å². The van der Waals surface area contributed by atoms with Crippen LogP contribution in [0.3, 0.4) is 0 Å². The lowest BCUT2D eigenvalue weighted by Crippen LogP contribution is -2.71. The zero-order valence-corrected chi connectivity index (χ0v) is 36.0. The summed E-state index contributed by atoms with van der Waals surface area (Å²) >= 11 is 8.68. The number of carbonyl (C=O) groups excluding carboxylic acids is 4. The molecule has 2 N–H and O–H groups in total. The van der Waals surface area contributed by atoms with Crippen LogP contribution in [-0.2, 0) is 40.9 Å². The molecule has 2 aliphatic rings. The van der Waals surface area contributed by atoms with E-state index < -0.39 is 46.5 Å². The van der Waals surface area contributed by atoms with Gasteiger partial charge in [0.05, 0.1) is 7.11 Å². The lowest BCUT2D eigenvalue weighted by Gasteiger charge is -2.49. The number of methoxy groups -OCH3 is 1. The zero-order chi connectivity index (χ0) is 43.1. The van der Waals surface area contributed by atoms with Gasteiger partial charge in [-0.2, -0.15) is 0 Å². The number of nitrogens with one attached hydrogen (secondary N) is 2. The van der Waals surface area contributed by atoms with Gasteiger partial charge in [-0.05, 0) is 44.0 Å². The van der Waals surface area contributed by atoms with Crippen molar-refractivity contribution in [1.82, 2.24) is 15.2 Å². The number of ether oxygens (including phenoxy) is 3. The molecule has 16 heteroatoms. The van der Waals surface area contributed by atoms with Crippen molar-refractivity contribution in [3.63, 3.8) is 0 Å². The number of fused-ring (bicyclic) bond motifs is 1. The van der Waals surface area contributed by atoms with Crippen molar-refractivity contribution >= 4 is 69.4 Å². The van der Waals surface area contributed by atoms with Gasteiger partial charge in [0, 0.05) is 33.7 Å². The molecule has 13 nitrogen and oxygen atoms in total. The SMILES string of the molecule is COc1ccc(COC(=O)C2=C(CCl)CS[C@@H]3[C@H](NC(=O)/C(=N/OC(c4ccccc4)(c4ccccc4)c4ccccc4)c4csc(NC(=O)OC(C)(C)C)n4)C(=O)N23)cc1. The topological polar surface area (TPSA) is 158 Å². The molecule has 0 radical (unpaired) electrons. The van der Waals surface area contributed by atoms with E-state index in [2.05, 4.69) is 20.8 Å². The van der Waals surface area contributed by atoms with E-state index in [9.17, 15) is 19.2 Å². The third-order valence-electron chi connectivity index (χ3n) is 9.60. The molecule has 1 aromatic heterocycles. The van der Waals surface area contributed by atoms with E-state index in [1.165, 1.54) is 16.7 Å². The number of benzene rings is 4. The summed E-state index contributed by atoms with van der Waals surface area (Å²) in [7, 11) is 1.56. The van der Waals surface area contributed by atoms with Crippen LogP contribution in [0, 0.1) is 0 Å². The minimum absolute atomic E-state index is 0.00285. The number of hydrogen-bond acceptors (Lipinski definition) is 12. The highest BCUT2D eigenvalue weighted by Crippen LogP contribution is 2.42. The van der Waals surface area contributed by atoms with Crippen LogP contribution in [0.4, 0.5) is 9.93 Å². The number of amides is 3. The Morgan fingerprint density at radius 3 is 2.02 bits per heavy atom. The van der Waals surface area contributed by atoms with Crippen LogP contribution in [0.1, 0.15) is 48.7 Å². The number of hydrogen-bond donors (Lipinski definition) is 2. The van der Waals surface area contributed by atoms with Crippen molar-refractivity contribution in [3.05, 3.63) is 160 Å². The predicted octanol–water partition coefficient (Wildman–Crippen LogP) is 7.85. The Balaban J connectivity index is 1.21. The fourth-order valence-electron chi connectivity index (χ4n) is 6.75. The maximum atomic E-state index is 14.6. The second kappa shape index (κ2) is 18.6. The van der Waals surface area contributed by atoms with Gasteiger partial charge in [0.15, 0.2) is 10.8 Å². The maximum Gasteiger partial charge on any atom is 0.413 e. The molecular weight excluding hydrogens is 838 g/mol. The first kappa shape index (κ1) is 42.9. The standard InChI is InChI=1S/C45H42ClN5O8S2/c1-44(2,3)58-43(55)49-42-47-34(27-61-42)35(50-59-45(30-14-8-5-9-15-30,31-16-10-6-11-17-31)32-18-12-7-13-19-32)38(52)48-36-39(53)51-37(29(24-46)26-60-40(36)51)41(54)57-25-28-20-22-33(56-4)23-21-28/h5-23,27,36,40H,24-26H2,1-4H3,(H,48,52)(H,47,49,55)/b50-35+/t36-,40-/m1/s1. The molecule has 61 heavy (non-hydrogen) atoms. The minimum Gasteiger partial charge on any atom is -0.497 e. The number of oxime groups is 1. The summed E-state index contributed by atoms with van der Waals surface area (Å²) in [4.78, 5) is 67.3. The first-order valence-electron chi connectivity index (χ1n) is 19.1. The Bertz CT molecular complexity index is 2340. The monoisotopic (exact) mass is 879 g/mol. The molecule has 2 atom stereocenters. The van der Waals surface area contributed by atoms with Crippen LogP contribution in [0.25, 0.3) is 0 Å². The Labute approximate surface area is 366 Å². The summed E-state index contributed by atoms with van der Waals surface area (Å²) in [6.07, 6.45) is -0.735. The van der Waals surface area contributed by atoms with E-state index in [1.807, 2.05) is 91.0 Å². The fourth-order valence-corrected chi connectivity index (χ4v) is 9.11. The fraction of sp³-hybridized carbons (Fsp3) is 0.244. The minimum atomic E-state index is -1.37. The Hall–Kier alpha value is -6.16. The molecule has 0 unspecified atom stereocenters. The third-order valence-corrected chi connectivity index (χ3v) is 12.0. The number of esters is 1. The van der Waals surface area contributed by atoms with Crippen molar-refractivity contribution in [2.75, 3.05) is 24.1 Å². The number of thioether (sulfide) groups is 1. The second-order valence-corrected chi connectivity index (χ2v) is 17.1. The summed E-state index contributed by atoms with van der Waals surface area (Å²) in [5.41, 5.74) is 1.11. The molecule has 3 amide bonds. The highest BCUT2D eigenvalue weighted by atomic mass is 35.5. The molecule has 2 aliphatic heterocycles. The Kier molecular flexibility index (Phi) is 13.1. The van der Waals surface area contributed by atoms with E-state index in [4.69, 9.17) is 30.6 Å². The van der Waals surface area contributed by atoms with E-state index in [0.29, 0.717) is 17.1 Å². The van der Waals surface area contributed by atoms with Gasteiger partial charge >= 0.3 is 12.1 Å². The summed E-state index contributed by atoms with van der Waals surface area (Å²) < 4.78 is 16.3. The van der Waals surface area contributed by atoms with Crippen LogP contribution in [0.15, 0.2) is 137 Å². The number of thiazole rings is 1. The largest absolute Gasteiger partial charge is 0.497 e. The number of rotatable bonds is 14. The molecule has 0 bridgehead atoms. The van der Waals surface area contributed by atoms with E-state index >= 15 is 0 Å². The van der Waals surface area contributed by atoms with Gasteiger partial charge in [-0.25, -0.2) is 14.6 Å². The molecule has 0 saturated carbocycles. The van der Waals surface area contributed by atoms with Gasteiger partial charge in [-0.3, -0.25) is 19.8 Å². The number of alkyl halides is 1. The number of halogens is 1. The van der Waals surface area contributed by atoms with E-state index in [-0.39, 0.29) is 34.7 Å². The smallest absolute Gasteiger partial charge is 0.413 e. The number of β-lactam (4-membered cyclic amide) rings is 1. The van der Waals surface area contributed by atoms with Crippen LogP contribution >= 0.6 is 34.7 Å². The highest BCUT2D eigenvalue weighted by Gasteiger charge is 2.55. The zero-order valence-electron chi connectivity index (χ0n) is 33.6. The Morgan fingerprint density at radius 2 is 1.48 bits per heavy atom. The van der Waals surface area contributed by atoms with E-state index in [0.717, 1.165) is 33.6 Å². The van der Waals surface area contributed by atoms with Gasteiger partial charge in [-0.1, -0.05) is 108 Å². The number of anilines is 1. The van der Waals surface area contributed by atoms with Crippen molar-refractivity contribution in [2.45, 2.75) is 50.0 Å². The molecule has 5 aromatic rings. The van der Waals surface area contributed by atoms with Crippen LogP contribution in [-0.4, -0.2) is 75.2 Å². The molecule has 0 aliphatic carbocycles. The number of carbonyl (C=O) groups is 4. The van der Waals surface area contributed by atoms with Gasteiger partial charge < -0.3 is 24.4 Å². The lowest BCUT2D eigenvalue weighted by atomic mass is 9.80. The molecule has 314 valence electrons. The van der Waals surface area contributed by atoms with Crippen LogP contribution in [0.2, 0.25) is 0 Å². The first-order valence-corrected chi connectivity index (χ1v) is 21.6. The summed E-state index contributed by atoms with van der Waals surface area (Å²) in [6, 6.07) is 34.4. The quantitative estimate of drug-likeness (QED) is 0.0281. The van der Waals surface area contributed by atoms with Crippen molar-refractivity contribution in [2.24, 2.45) is 5.16 Å². The summed E-state index contributed by atoms with van der Waals surface area (Å²) in [5, 5.41) is 11.0.